The number of ether oxygens (including phenoxy) is 1. The molecule has 1 aliphatic heterocycles. The van der Waals surface area contributed by atoms with Crippen LogP contribution in [0.25, 0.3) is 0 Å². The van der Waals surface area contributed by atoms with Crippen LogP contribution in [0.15, 0.2) is 5.38 Å². The van der Waals surface area contributed by atoms with Gasteiger partial charge in [-0.1, -0.05) is 0 Å². The van der Waals surface area contributed by atoms with Crippen molar-refractivity contribution in [1.82, 2.24) is 9.88 Å². The number of rotatable bonds is 1. The van der Waals surface area contributed by atoms with Gasteiger partial charge in [0, 0.05) is 11.9 Å². The molecule has 0 aromatic carbocycles. The van der Waals surface area contributed by atoms with Gasteiger partial charge in [-0.05, 0) is 6.92 Å². The Labute approximate surface area is 97.3 Å². The van der Waals surface area contributed by atoms with Crippen LogP contribution >= 0.6 is 11.3 Å². The van der Waals surface area contributed by atoms with Gasteiger partial charge in [0.1, 0.15) is 5.69 Å². The summed E-state index contributed by atoms with van der Waals surface area (Å²) in [7, 11) is 0. The van der Waals surface area contributed by atoms with E-state index >= 15 is 0 Å². The van der Waals surface area contributed by atoms with E-state index in [1.54, 1.807) is 10.3 Å². The number of nitriles is 1. The minimum atomic E-state index is -0.516. The minimum absolute atomic E-state index is 0.118. The molecule has 0 bridgehead atoms. The SMILES string of the molecule is Cc1nc(C(=O)N2CCOC(C#N)C2)cs1. The summed E-state index contributed by atoms with van der Waals surface area (Å²) < 4.78 is 5.18. The summed E-state index contributed by atoms with van der Waals surface area (Å²) in [5.74, 6) is -0.118. The minimum Gasteiger partial charge on any atom is -0.360 e. The van der Waals surface area contributed by atoms with E-state index in [0.29, 0.717) is 25.4 Å². The molecule has 5 nitrogen and oxygen atoms in total. The number of thiazole rings is 1. The third kappa shape index (κ3) is 2.21. The first-order valence-electron chi connectivity index (χ1n) is 4.93. The maximum absolute atomic E-state index is 12.0. The van der Waals surface area contributed by atoms with Crippen LogP contribution in [0.1, 0.15) is 15.5 Å². The van der Waals surface area contributed by atoms with Crippen molar-refractivity contribution in [3.63, 3.8) is 0 Å². The zero-order valence-corrected chi connectivity index (χ0v) is 9.66. The normalized spacial score (nSPS) is 20.5. The number of aryl methyl sites for hydroxylation is 1. The first-order chi connectivity index (χ1) is 7.70. The fraction of sp³-hybridized carbons (Fsp3) is 0.500. The highest BCUT2D eigenvalue weighted by molar-refractivity contribution is 7.09. The van der Waals surface area contributed by atoms with Crippen LogP contribution in [0.5, 0.6) is 0 Å². The number of amides is 1. The van der Waals surface area contributed by atoms with Crippen LogP contribution in [0.3, 0.4) is 0 Å². The Kier molecular flexibility index (Phi) is 3.17. The molecule has 1 aliphatic rings. The maximum Gasteiger partial charge on any atom is 0.273 e. The molecule has 84 valence electrons. The standard InChI is InChI=1S/C10H11N3O2S/c1-7-12-9(6-16-7)10(14)13-2-3-15-8(4-11)5-13/h6,8H,2-3,5H2,1H3. The zero-order chi connectivity index (χ0) is 11.5. The van der Waals surface area contributed by atoms with Gasteiger partial charge in [-0.3, -0.25) is 4.79 Å². The average Bonchev–Trinajstić information content (AvgIpc) is 2.75. The van der Waals surface area contributed by atoms with Crippen molar-refractivity contribution in [2.24, 2.45) is 0 Å². The molecule has 1 atom stereocenters. The lowest BCUT2D eigenvalue weighted by Gasteiger charge is -2.29. The van der Waals surface area contributed by atoms with Crippen LogP contribution in [0, 0.1) is 18.3 Å². The Balaban J connectivity index is 2.08. The molecule has 2 heterocycles. The molecule has 1 aromatic heterocycles. The maximum atomic E-state index is 12.0. The van der Waals surface area contributed by atoms with E-state index in [0.717, 1.165) is 5.01 Å². The molecule has 1 saturated heterocycles. The summed E-state index contributed by atoms with van der Waals surface area (Å²) in [6.07, 6.45) is -0.516. The second-order valence-electron chi connectivity index (χ2n) is 3.49. The first-order valence-corrected chi connectivity index (χ1v) is 5.81. The van der Waals surface area contributed by atoms with Gasteiger partial charge in [-0.15, -0.1) is 11.3 Å². The van der Waals surface area contributed by atoms with Crippen molar-refractivity contribution in [2.45, 2.75) is 13.0 Å². The number of carbonyl (C=O) groups excluding carboxylic acids is 1. The third-order valence-electron chi connectivity index (χ3n) is 2.34. The van der Waals surface area contributed by atoms with Gasteiger partial charge >= 0.3 is 0 Å². The lowest BCUT2D eigenvalue weighted by Crippen LogP contribution is -2.45. The molecule has 0 radical (unpaired) electrons. The number of hydrogen-bond acceptors (Lipinski definition) is 5. The Morgan fingerprint density at radius 3 is 3.25 bits per heavy atom. The largest absolute Gasteiger partial charge is 0.360 e. The number of nitrogens with zero attached hydrogens (tertiary/aromatic N) is 3. The lowest BCUT2D eigenvalue weighted by atomic mass is 10.2. The van der Waals surface area contributed by atoms with Gasteiger partial charge in [-0.25, -0.2) is 4.98 Å². The van der Waals surface area contributed by atoms with Crippen LogP contribution < -0.4 is 0 Å². The van der Waals surface area contributed by atoms with E-state index in [1.165, 1.54) is 11.3 Å². The van der Waals surface area contributed by atoms with Crippen LogP contribution in [-0.2, 0) is 4.74 Å². The molecule has 0 saturated carbocycles. The van der Waals surface area contributed by atoms with Crippen molar-refractivity contribution < 1.29 is 9.53 Å². The van der Waals surface area contributed by atoms with E-state index in [-0.39, 0.29) is 5.91 Å². The summed E-state index contributed by atoms with van der Waals surface area (Å²) in [5.41, 5.74) is 0.459. The number of carbonyl (C=O) groups is 1. The monoisotopic (exact) mass is 237 g/mol. The molecule has 2 rings (SSSR count). The van der Waals surface area contributed by atoms with Gasteiger partial charge < -0.3 is 9.64 Å². The van der Waals surface area contributed by atoms with E-state index in [1.807, 2.05) is 13.0 Å². The molecular formula is C10H11N3O2S. The highest BCUT2D eigenvalue weighted by Crippen LogP contribution is 2.13. The molecule has 1 aromatic rings. The predicted molar refractivity (Wildman–Crippen MR) is 58.1 cm³/mol. The Bertz CT molecular complexity index is 438. The molecular weight excluding hydrogens is 226 g/mol. The third-order valence-corrected chi connectivity index (χ3v) is 3.11. The van der Waals surface area contributed by atoms with E-state index in [4.69, 9.17) is 10.00 Å². The fourth-order valence-electron chi connectivity index (χ4n) is 1.54. The molecule has 16 heavy (non-hydrogen) atoms. The quantitative estimate of drug-likeness (QED) is 0.725. The summed E-state index contributed by atoms with van der Waals surface area (Å²) >= 11 is 1.45. The van der Waals surface area contributed by atoms with Crippen molar-refractivity contribution >= 4 is 17.2 Å². The highest BCUT2D eigenvalue weighted by atomic mass is 32.1. The molecule has 6 heteroatoms. The van der Waals surface area contributed by atoms with Crippen molar-refractivity contribution in [3.8, 4) is 6.07 Å². The van der Waals surface area contributed by atoms with Gasteiger partial charge in [0.25, 0.3) is 5.91 Å². The second-order valence-corrected chi connectivity index (χ2v) is 4.55. The van der Waals surface area contributed by atoms with Gasteiger partial charge in [0.05, 0.1) is 24.2 Å². The molecule has 0 spiro atoms. The summed E-state index contributed by atoms with van der Waals surface area (Å²) in [5, 5.41) is 11.4. The summed E-state index contributed by atoms with van der Waals surface area (Å²) in [4.78, 5) is 17.7. The van der Waals surface area contributed by atoms with Crippen LogP contribution in [-0.4, -0.2) is 41.6 Å². The van der Waals surface area contributed by atoms with E-state index in [2.05, 4.69) is 4.98 Å². The molecule has 0 N–H and O–H groups in total. The summed E-state index contributed by atoms with van der Waals surface area (Å²) in [6.45, 7) is 3.12. The molecule has 0 aliphatic carbocycles. The highest BCUT2D eigenvalue weighted by Gasteiger charge is 2.25. The molecule has 1 amide bonds. The first kappa shape index (κ1) is 11.0. The number of hydrogen-bond donors (Lipinski definition) is 0. The zero-order valence-electron chi connectivity index (χ0n) is 8.84. The number of aromatic nitrogens is 1. The average molecular weight is 237 g/mol. The molecule has 1 fully saturated rings. The second kappa shape index (κ2) is 4.60. The van der Waals surface area contributed by atoms with Crippen LogP contribution in [0.2, 0.25) is 0 Å². The lowest BCUT2D eigenvalue weighted by molar-refractivity contribution is 0.00323. The van der Waals surface area contributed by atoms with Gasteiger partial charge in [0.2, 0.25) is 0 Å². The van der Waals surface area contributed by atoms with Gasteiger partial charge in [-0.2, -0.15) is 5.26 Å². The van der Waals surface area contributed by atoms with Crippen molar-refractivity contribution in [3.05, 3.63) is 16.1 Å². The predicted octanol–water partition coefficient (Wildman–Crippen LogP) is 0.816. The van der Waals surface area contributed by atoms with Gasteiger partial charge in [0.15, 0.2) is 6.10 Å². The number of morpholine rings is 1. The van der Waals surface area contributed by atoms with Crippen molar-refractivity contribution in [1.29, 1.82) is 5.26 Å². The Morgan fingerprint density at radius 2 is 2.62 bits per heavy atom. The van der Waals surface area contributed by atoms with E-state index < -0.39 is 6.10 Å². The fourth-order valence-corrected chi connectivity index (χ4v) is 2.12. The Morgan fingerprint density at radius 1 is 1.81 bits per heavy atom. The van der Waals surface area contributed by atoms with Crippen LogP contribution in [0.4, 0.5) is 0 Å². The van der Waals surface area contributed by atoms with Crippen molar-refractivity contribution in [2.75, 3.05) is 19.7 Å². The topological polar surface area (TPSA) is 66.2 Å². The molecule has 1 unspecified atom stereocenters. The summed E-state index contributed by atoms with van der Waals surface area (Å²) in [6, 6.07) is 2.01. The smallest absolute Gasteiger partial charge is 0.273 e. The van der Waals surface area contributed by atoms with E-state index in [9.17, 15) is 4.79 Å². The Hall–Kier alpha value is -1.45.